The van der Waals surface area contributed by atoms with E-state index >= 15 is 0 Å². The summed E-state index contributed by atoms with van der Waals surface area (Å²) < 4.78 is 38.6. The minimum absolute atomic E-state index is 0.360. The molecule has 0 saturated carbocycles. The fourth-order valence-electron chi connectivity index (χ4n) is 5.08. The largest absolute Gasteiger partial charge is 0.368 e. The molecule has 6 rings (SSSR count). The van der Waals surface area contributed by atoms with Crippen LogP contribution in [0, 0.1) is 0 Å². The summed E-state index contributed by atoms with van der Waals surface area (Å²) >= 11 is 0. The molecule has 0 radical (unpaired) electrons. The number of hydrogen-bond donors (Lipinski definition) is 0. The van der Waals surface area contributed by atoms with Crippen molar-refractivity contribution < 1.29 is 28.4 Å². The van der Waals surface area contributed by atoms with Crippen molar-refractivity contribution in [2.75, 3.05) is 13.2 Å². The van der Waals surface area contributed by atoms with E-state index in [1.165, 1.54) is 0 Å². The minimum Gasteiger partial charge on any atom is -0.368 e. The first kappa shape index (κ1) is 26.8. The first-order chi connectivity index (χ1) is 19.8. The van der Waals surface area contributed by atoms with Gasteiger partial charge < -0.3 is 28.4 Å². The third-order valence-corrected chi connectivity index (χ3v) is 7.20. The van der Waals surface area contributed by atoms with Gasteiger partial charge in [0.1, 0.15) is 24.4 Å². The lowest BCUT2D eigenvalue weighted by molar-refractivity contribution is -0.341. The fraction of sp³-hybridized carbons (Fsp3) is 0.294. The molecule has 6 heteroatoms. The van der Waals surface area contributed by atoms with Crippen LogP contribution in [-0.2, 0) is 41.6 Å². The Hall–Kier alpha value is -3.36. The molecule has 0 N–H and O–H groups in total. The van der Waals surface area contributed by atoms with Gasteiger partial charge in [-0.15, -0.1) is 0 Å². The summed E-state index contributed by atoms with van der Waals surface area (Å²) in [6.45, 7) is 1.59. The Balaban J connectivity index is 1.27. The van der Waals surface area contributed by atoms with Gasteiger partial charge in [-0.05, 0) is 11.1 Å². The Labute approximate surface area is 235 Å². The van der Waals surface area contributed by atoms with Crippen molar-refractivity contribution in [3.63, 3.8) is 0 Å². The maximum absolute atomic E-state index is 6.67. The second-order valence-corrected chi connectivity index (χ2v) is 10.0. The standard InChI is InChI=1S/C34H34O6/c1-5-13-25(14-6-1)21-35-29-23-37-33(27-17-9-3-10-18-27)39-31(29)32-30(36-22-26-15-7-2-8-16-26)24-38-34(40-32)28-19-11-4-12-20-28/h1-20,29-34H,21-24H2/t29-,30-,31-,32-,33?,34?/m1/s1. The molecule has 40 heavy (non-hydrogen) atoms. The molecular formula is C34H34O6. The molecule has 2 saturated heterocycles. The zero-order valence-electron chi connectivity index (χ0n) is 22.3. The number of hydrogen-bond acceptors (Lipinski definition) is 6. The average Bonchev–Trinajstić information content (AvgIpc) is 3.04. The Morgan fingerprint density at radius 1 is 0.475 bits per heavy atom. The SMILES string of the molecule is c1ccc(CO[C@@H]2COC(c3ccccc3)O[C@H]2[C@@H]2OC(c3ccccc3)OC[C@H]2OCc2ccccc2)cc1. The van der Waals surface area contributed by atoms with E-state index in [9.17, 15) is 0 Å². The van der Waals surface area contributed by atoms with E-state index in [2.05, 4.69) is 24.3 Å². The highest BCUT2D eigenvalue weighted by atomic mass is 16.7. The summed E-state index contributed by atoms with van der Waals surface area (Å²) in [5.74, 6) is 0. The van der Waals surface area contributed by atoms with Gasteiger partial charge >= 0.3 is 0 Å². The number of rotatable bonds is 9. The van der Waals surface area contributed by atoms with Gasteiger partial charge in [0.2, 0.25) is 0 Å². The van der Waals surface area contributed by atoms with Gasteiger partial charge in [0, 0.05) is 11.1 Å². The van der Waals surface area contributed by atoms with Crippen LogP contribution in [0.15, 0.2) is 121 Å². The lowest BCUT2D eigenvalue weighted by atomic mass is 9.99. The zero-order valence-corrected chi connectivity index (χ0v) is 22.3. The first-order valence-corrected chi connectivity index (χ1v) is 13.8. The molecule has 4 aromatic rings. The normalized spacial score (nSPS) is 26.8. The van der Waals surface area contributed by atoms with E-state index < -0.39 is 24.8 Å². The Morgan fingerprint density at radius 2 is 0.825 bits per heavy atom. The summed E-state index contributed by atoms with van der Waals surface area (Å²) in [6.07, 6.45) is -2.75. The molecule has 0 amide bonds. The average molecular weight is 539 g/mol. The molecule has 2 fully saturated rings. The molecule has 6 nitrogen and oxygen atoms in total. The van der Waals surface area contributed by atoms with Gasteiger partial charge in [-0.1, -0.05) is 121 Å². The van der Waals surface area contributed by atoms with Crippen LogP contribution >= 0.6 is 0 Å². The van der Waals surface area contributed by atoms with Crippen molar-refractivity contribution in [3.8, 4) is 0 Å². The molecule has 2 heterocycles. The van der Waals surface area contributed by atoms with E-state index in [1.54, 1.807) is 0 Å². The monoisotopic (exact) mass is 538 g/mol. The van der Waals surface area contributed by atoms with Crippen LogP contribution in [0.2, 0.25) is 0 Å². The maximum Gasteiger partial charge on any atom is 0.184 e. The molecule has 0 aliphatic carbocycles. The summed E-state index contributed by atoms with van der Waals surface area (Å²) in [4.78, 5) is 0. The van der Waals surface area contributed by atoms with Gasteiger partial charge in [0.25, 0.3) is 0 Å². The third kappa shape index (κ3) is 6.67. The van der Waals surface area contributed by atoms with Crippen molar-refractivity contribution in [1.82, 2.24) is 0 Å². The molecule has 4 aromatic carbocycles. The van der Waals surface area contributed by atoms with E-state index in [0.717, 1.165) is 22.3 Å². The Bertz CT molecular complexity index is 1180. The molecule has 2 unspecified atom stereocenters. The third-order valence-electron chi connectivity index (χ3n) is 7.20. The molecule has 6 atom stereocenters. The molecule has 2 aliphatic heterocycles. The van der Waals surface area contributed by atoms with Crippen molar-refractivity contribution in [1.29, 1.82) is 0 Å². The van der Waals surface area contributed by atoms with Crippen LogP contribution < -0.4 is 0 Å². The van der Waals surface area contributed by atoms with Crippen LogP contribution in [0.25, 0.3) is 0 Å². The van der Waals surface area contributed by atoms with E-state index in [1.807, 2.05) is 97.1 Å². The van der Waals surface area contributed by atoms with Gasteiger partial charge in [-0.3, -0.25) is 0 Å². The lowest BCUT2D eigenvalue weighted by Gasteiger charge is -2.45. The molecule has 0 aromatic heterocycles. The predicted octanol–water partition coefficient (Wildman–Crippen LogP) is 6.39. The summed E-state index contributed by atoms with van der Waals surface area (Å²) in [5, 5.41) is 0. The van der Waals surface area contributed by atoms with Crippen LogP contribution in [-0.4, -0.2) is 37.6 Å². The van der Waals surface area contributed by atoms with Crippen molar-refractivity contribution in [3.05, 3.63) is 144 Å². The second kappa shape index (κ2) is 13.3. The van der Waals surface area contributed by atoms with E-state index in [-0.39, 0.29) is 12.2 Å². The second-order valence-electron chi connectivity index (χ2n) is 10.0. The van der Waals surface area contributed by atoms with Gasteiger partial charge in [-0.25, -0.2) is 0 Å². The van der Waals surface area contributed by atoms with E-state index in [0.29, 0.717) is 26.4 Å². The maximum atomic E-state index is 6.67. The first-order valence-electron chi connectivity index (χ1n) is 13.8. The van der Waals surface area contributed by atoms with Gasteiger partial charge in [0.15, 0.2) is 12.6 Å². The highest BCUT2D eigenvalue weighted by Crippen LogP contribution is 2.37. The minimum atomic E-state index is -0.542. The topological polar surface area (TPSA) is 55.4 Å². The van der Waals surface area contributed by atoms with Gasteiger partial charge in [0.05, 0.1) is 26.4 Å². The highest BCUT2D eigenvalue weighted by molar-refractivity contribution is 5.19. The molecular weight excluding hydrogens is 504 g/mol. The summed E-state index contributed by atoms with van der Waals surface area (Å²) in [5.41, 5.74) is 4.06. The van der Waals surface area contributed by atoms with Crippen LogP contribution in [0.5, 0.6) is 0 Å². The Kier molecular flexibility index (Phi) is 8.95. The Morgan fingerprint density at radius 3 is 1.20 bits per heavy atom. The van der Waals surface area contributed by atoms with Crippen LogP contribution in [0.4, 0.5) is 0 Å². The summed E-state index contributed by atoms with van der Waals surface area (Å²) in [6, 6.07) is 40.2. The number of ether oxygens (including phenoxy) is 6. The lowest BCUT2D eigenvalue weighted by Crippen LogP contribution is -2.57. The smallest absolute Gasteiger partial charge is 0.184 e. The number of benzene rings is 4. The van der Waals surface area contributed by atoms with Crippen LogP contribution in [0.3, 0.4) is 0 Å². The quantitative estimate of drug-likeness (QED) is 0.246. The molecule has 206 valence electrons. The van der Waals surface area contributed by atoms with Crippen molar-refractivity contribution in [2.24, 2.45) is 0 Å². The zero-order chi connectivity index (χ0) is 27.0. The van der Waals surface area contributed by atoms with Crippen molar-refractivity contribution >= 4 is 0 Å². The molecule has 0 bridgehead atoms. The van der Waals surface area contributed by atoms with Crippen LogP contribution in [0.1, 0.15) is 34.8 Å². The molecule has 2 aliphatic rings. The summed E-state index contributed by atoms with van der Waals surface area (Å²) in [7, 11) is 0. The van der Waals surface area contributed by atoms with Crippen molar-refractivity contribution in [2.45, 2.75) is 50.2 Å². The van der Waals surface area contributed by atoms with E-state index in [4.69, 9.17) is 28.4 Å². The molecule has 0 spiro atoms. The predicted molar refractivity (Wildman–Crippen MR) is 150 cm³/mol. The van der Waals surface area contributed by atoms with Gasteiger partial charge in [-0.2, -0.15) is 0 Å². The highest BCUT2D eigenvalue weighted by Gasteiger charge is 2.46. The fourth-order valence-corrected chi connectivity index (χ4v) is 5.08.